The van der Waals surface area contributed by atoms with E-state index in [1.54, 1.807) is 24.3 Å². The molecule has 1 N–H and O–H groups in total. The van der Waals surface area contributed by atoms with E-state index in [0.29, 0.717) is 17.2 Å². The topological polar surface area (TPSA) is 73.9 Å². The van der Waals surface area contributed by atoms with Crippen molar-refractivity contribution in [3.8, 4) is 11.5 Å². The highest BCUT2D eigenvalue weighted by Gasteiger charge is 2.17. The van der Waals surface area contributed by atoms with Crippen LogP contribution < -0.4 is 14.8 Å². The number of hydrogen-bond acceptors (Lipinski definition) is 5. The fourth-order valence-electron chi connectivity index (χ4n) is 2.27. The molecule has 6 heteroatoms. The van der Waals surface area contributed by atoms with Crippen LogP contribution in [0.25, 0.3) is 6.08 Å². The summed E-state index contributed by atoms with van der Waals surface area (Å²) in [7, 11) is 3.04. The van der Waals surface area contributed by atoms with E-state index in [-0.39, 0.29) is 0 Å². The number of esters is 1. The van der Waals surface area contributed by atoms with Gasteiger partial charge in [-0.25, -0.2) is 4.79 Å². The first-order valence-electron chi connectivity index (χ1n) is 8.41. The van der Waals surface area contributed by atoms with Crippen molar-refractivity contribution < 1.29 is 23.8 Å². The van der Waals surface area contributed by atoms with Gasteiger partial charge in [0.2, 0.25) is 0 Å². The molecule has 0 aliphatic rings. The third-order valence-electron chi connectivity index (χ3n) is 3.80. The first-order valence-corrected chi connectivity index (χ1v) is 8.41. The lowest BCUT2D eigenvalue weighted by molar-refractivity contribution is -0.148. The number of anilines is 1. The summed E-state index contributed by atoms with van der Waals surface area (Å²) >= 11 is 0. The van der Waals surface area contributed by atoms with E-state index in [0.717, 1.165) is 11.1 Å². The summed E-state index contributed by atoms with van der Waals surface area (Å²) in [5.41, 5.74) is 2.52. The second kappa shape index (κ2) is 9.43. The smallest absolute Gasteiger partial charge is 0.331 e. The zero-order valence-corrected chi connectivity index (χ0v) is 15.8. The van der Waals surface area contributed by atoms with Gasteiger partial charge in [0.1, 0.15) is 0 Å². The number of benzene rings is 2. The van der Waals surface area contributed by atoms with E-state index in [4.69, 9.17) is 14.2 Å². The van der Waals surface area contributed by atoms with Crippen LogP contribution in [0.2, 0.25) is 0 Å². The normalized spacial score (nSPS) is 11.7. The quantitative estimate of drug-likeness (QED) is 0.596. The molecule has 0 fully saturated rings. The molecule has 0 bridgehead atoms. The number of carbonyl (C=O) groups excluding carboxylic acids is 2. The van der Waals surface area contributed by atoms with E-state index >= 15 is 0 Å². The fraction of sp³-hybridized carbons (Fsp3) is 0.238. The minimum atomic E-state index is -0.951. The SMILES string of the molecule is COc1ccc(NC(=O)[C@H](C)OC(=O)/C=C/c2ccc(C)cc2)cc1OC. The Hall–Kier alpha value is -3.28. The summed E-state index contributed by atoms with van der Waals surface area (Å²) in [5, 5.41) is 2.68. The van der Waals surface area contributed by atoms with Crippen molar-refractivity contribution in [2.45, 2.75) is 20.0 Å². The van der Waals surface area contributed by atoms with Crippen molar-refractivity contribution in [3.63, 3.8) is 0 Å². The van der Waals surface area contributed by atoms with Gasteiger partial charge in [-0.2, -0.15) is 0 Å². The highest BCUT2D eigenvalue weighted by molar-refractivity contribution is 5.96. The maximum Gasteiger partial charge on any atom is 0.331 e. The lowest BCUT2D eigenvalue weighted by Gasteiger charge is -2.14. The van der Waals surface area contributed by atoms with Crippen LogP contribution in [0.4, 0.5) is 5.69 Å². The van der Waals surface area contributed by atoms with Crippen LogP contribution in [-0.4, -0.2) is 32.2 Å². The molecule has 0 unspecified atom stereocenters. The second-order valence-corrected chi connectivity index (χ2v) is 5.88. The fourth-order valence-corrected chi connectivity index (χ4v) is 2.27. The van der Waals surface area contributed by atoms with Crippen LogP contribution in [0.3, 0.4) is 0 Å². The van der Waals surface area contributed by atoms with Gasteiger partial charge >= 0.3 is 5.97 Å². The standard InChI is InChI=1S/C21H23NO5/c1-14-5-7-16(8-6-14)9-12-20(23)27-15(2)21(24)22-17-10-11-18(25-3)19(13-17)26-4/h5-13,15H,1-4H3,(H,22,24)/b12-9+/t15-/m0/s1. The maximum atomic E-state index is 12.2. The molecule has 27 heavy (non-hydrogen) atoms. The number of ether oxygens (including phenoxy) is 3. The number of aryl methyl sites for hydroxylation is 1. The number of nitrogens with one attached hydrogen (secondary N) is 1. The average Bonchev–Trinajstić information content (AvgIpc) is 2.67. The van der Waals surface area contributed by atoms with Crippen molar-refractivity contribution in [3.05, 3.63) is 59.7 Å². The summed E-state index contributed by atoms with van der Waals surface area (Å²) in [6.07, 6.45) is 1.99. The molecule has 1 amide bonds. The Bertz CT molecular complexity index is 827. The molecule has 0 saturated carbocycles. The first kappa shape index (κ1) is 20.0. The minimum Gasteiger partial charge on any atom is -0.493 e. The van der Waals surface area contributed by atoms with Crippen LogP contribution in [0.15, 0.2) is 48.5 Å². The Morgan fingerprint density at radius 3 is 2.30 bits per heavy atom. The van der Waals surface area contributed by atoms with Crippen LogP contribution in [0, 0.1) is 6.92 Å². The van der Waals surface area contributed by atoms with Crippen molar-refractivity contribution in [1.82, 2.24) is 0 Å². The molecule has 142 valence electrons. The molecule has 0 aliphatic carbocycles. The van der Waals surface area contributed by atoms with Crippen molar-refractivity contribution >= 4 is 23.6 Å². The zero-order chi connectivity index (χ0) is 19.8. The Morgan fingerprint density at radius 1 is 1.00 bits per heavy atom. The summed E-state index contributed by atoms with van der Waals surface area (Å²) in [5.74, 6) is 0.00189. The molecule has 0 radical (unpaired) electrons. The van der Waals surface area contributed by atoms with Gasteiger partial charge in [0.05, 0.1) is 14.2 Å². The molecule has 6 nitrogen and oxygen atoms in total. The van der Waals surface area contributed by atoms with E-state index in [2.05, 4.69) is 5.32 Å². The van der Waals surface area contributed by atoms with E-state index in [1.807, 2.05) is 31.2 Å². The van der Waals surface area contributed by atoms with E-state index in [9.17, 15) is 9.59 Å². The van der Waals surface area contributed by atoms with Crippen LogP contribution in [0.1, 0.15) is 18.1 Å². The molecule has 0 heterocycles. The zero-order valence-electron chi connectivity index (χ0n) is 15.8. The number of hydrogen-bond donors (Lipinski definition) is 1. The number of amides is 1. The Kier molecular flexibility index (Phi) is 7.00. The molecule has 0 aliphatic heterocycles. The summed E-state index contributed by atoms with van der Waals surface area (Å²) < 4.78 is 15.5. The predicted molar refractivity (Wildman–Crippen MR) is 104 cm³/mol. The van der Waals surface area contributed by atoms with Crippen LogP contribution in [-0.2, 0) is 14.3 Å². The molecule has 1 atom stereocenters. The average molecular weight is 369 g/mol. The van der Waals surface area contributed by atoms with Gasteiger partial charge in [0.15, 0.2) is 17.6 Å². The Labute approximate surface area is 158 Å². The predicted octanol–water partition coefficient (Wildman–Crippen LogP) is 3.60. The molecule has 0 spiro atoms. The molecule has 2 rings (SSSR count). The van der Waals surface area contributed by atoms with Gasteiger partial charge in [-0.3, -0.25) is 4.79 Å². The largest absolute Gasteiger partial charge is 0.493 e. The lowest BCUT2D eigenvalue weighted by Crippen LogP contribution is -2.29. The lowest BCUT2D eigenvalue weighted by atomic mass is 10.1. The molecule has 2 aromatic rings. The molecule has 0 saturated heterocycles. The highest BCUT2D eigenvalue weighted by Crippen LogP contribution is 2.29. The Balaban J connectivity index is 1.92. The number of rotatable bonds is 7. The van der Waals surface area contributed by atoms with Crippen LogP contribution in [0.5, 0.6) is 11.5 Å². The summed E-state index contributed by atoms with van der Waals surface area (Å²) in [6.45, 7) is 3.49. The number of carbonyl (C=O) groups is 2. The third kappa shape index (κ3) is 5.88. The van der Waals surface area contributed by atoms with E-state index in [1.165, 1.54) is 27.2 Å². The van der Waals surface area contributed by atoms with Gasteiger partial charge in [-0.1, -0.05) is 29.8 Å². The molecule has 2 aromatic carbocycles. The summed E-state index contributed by atoms with van der Waals surface area (Å²) in [4.78, 5) is 24.1. The maximum absolute atomic E-state index is 12.2. The first-order chi connectivity index (χ1) is 12.9. The van der Waals surface area contributed by atoms with Crippen molar-refractivity contribution in [2.75, 3.05) is 19.5 Å². The van der Waals surface area contributed by atoms with Gasteiger partial charge in [0, 0.05) is 17.8 Å². The van der Waals surface area contributed by atoms with Gasteiger partial charge in [0.25, 0.3) is 5.91 Å². The van der Waals surface area contributed by atoms with Gasteiger partial charge < -0.3 is 19.5 Å². The second-order valence-electron chi connectivity index (χ2n) is 5.88. The van der Waals surface area contributed by atoms with Crippen molar-refractivity contribution in [1.29, 1.82) is 0 Å². The van der Waals surface area contributed by atoms with Crippen molar-refractivity contribution in [2.24, 2.45) is 0 Å². The molecular weight excluding hydrogens is 346 g/mol. The highest BCUT2D eigenvalue weighted by atomic mass is 16.5. The number of methoxy groups -OCH3 is 2. The summed E-state index contributed by atoms with van der Waals surface area (Å²) in [6, 6.07) is 12.7. The third-order valence-corrected chi connectivity index (χ3v) is 3.80. The monoisotopic (exact) mass is 369 g/mol. The van der Waals surface area contributed by atoms with Crippen LogP contribution >= 0.6 is 0 Å². The van der Waals surface area contributed by atoms with Gasteiger partial charge in [-0.05, 0) is 37.6 Å². The Morgan fingerprint density at radius 2 is 1.67 bits per heavy atom. The molecule has 0 aromatic heterocycles. The molecular formula is C21H23NO5. The van der Waals surface area contributed by atoms with E-state index < -0.39 is 18.0 Å². The minimum absolute atomic E-state index is 0.445. The van der Waals surface area contributed by atoms with Gasteiger partial charge in [-0.15, -0.1) is 0 Å².